The largest absolute Gasteiger partial charge is 0.390 e. The molecule has 2 rings (SSSR count). The van der Waals surface area contributed by atoms with Gasteiger partial charge >= 0.3 is 0 Å². The van der Waals surface area contributed by atoms with Crippen molar-refractivity contribution in [2.24, 2.45) is 0 Å². The molecule has 0 unspecified atom stereocenters. The first-order valence-corrected chi connectivity index (χ1v) is 6.38. The fourth-order valence-electron chi connectivity index (χ4n) is 2.36. The Kier molecular flexibility index (Phi) is 4.38. The highest BCUT2D eigenvalue weighted by Crippen LogP contribution is 2.26. The van der Waals surface area contributed by atoms with Gasteiger partial charge in [0, 0.05) is 12.8 Å². The highest BCUT2D eigenvalue weighted by Gasteiger charge is 2.33. The Morgan fingerprint density at radius 3 is 2.35 bits per heavy atom. The quantitative estimate of drug-likeness (QED) is 0.753. The summed E-state index contributed by atoms with van der Waals surface area (Å²) in [6.07, 6.45) is 1.12. The van der Waals surface area contributed by atoms with Gasteiger partial charge in [0.1, 0.15) is 0 Å². The lowest BCUT2D eigenvalue weighted by atomic mass is 10.0. The van der Waals surface area contributed by atoms with Crippen LogP contribution >= 0.6 is 0 Å². The average Bonchev–Trinajstić information content (AvgIpc) is 2.27. The van der Waals surface area contributed by atoms with Crippen LogP contribution in [-0.4, -0.2) is 47.2 Å². The molecule has 0 spiro atoms. The third-order valence-electron chi connectivity index (χ3n) is 3.53. The van der Waals surface area contributed by atoms with E-state index in [0.717, 1.165) is 6.42 Å². The van der Waals surface area contributed by atoms with E-state index in [0.29, 0.717) is 19.3 Å². The van der Waals surface area contributed by atoms with Gasteiger partial charge < -0.3 is 24.4 Å². The molecule has 6 atom stereocenters. The van der Waals surface area contributed by atoms with Crippen LogP contribution in [0.5, 0.6) is 0 Å². The number of aliphatic hydroxyl groups is 2. The number of hydrogen-bond donors (Lipinski definition) is 2. The van der Waals surface area contributed by atoms with Crippen LogP contribution in [0.1, 0.15) is 39.5 Å². The fraction of sp³-hybridized carbons (Fsp3) is 1.00. The molecular formula is C12H22O5. The first-order valence-electron chi connectivity index (χ1n) is 6.38. The Hall–Kier alpha value is -0.200. The zero-order valence-corrected chi connectivity index (χ0v) is 10.4. The molecule has 2 aliphatic heterocycles. The molecule has 100 valence electrons. The fourth-order valence-corrected chi connectivity index (χ4v) is 2.36. The maximum Gasteiger partial charge on any atom is 0.158 e. The second-order valence-corrected chi connectivity index (χ2v) is 4.96. The maximum absolute atomic E-state index is 9.55. The van der Waals surface area contributed by atoms with Crippen molar-refractivity contribution >= 4 is 0 Å². The van der Waals surface area contributed by atoms with E-state index in [2.05, 4.69) is 0 Å². The molecule has 2 heterocycles. The molecule has 17 heavy (non-hydrogen) atoms. The molecule has 2 N–H and O–H groups in total. The van der Waals surface area contributed by atoms with E-state index in [1.54, 1.807) is 0 Å². The summed E-state index contributed by atoms with van der Waals surface area (Å²) in [5, 5.41) is 18.9. The van der Waals surface area contributed by atoms with Gasteiger partial charge in [-0.1, -0.05) is 0 Å². The Labute approximate surface area is 102 Å². The second kappa shape index (κ2) is 5.63. The van der Waals surface area contributed by atoms with E-state index >= 15 is 0 Å². The van der Waals surface area contributed by atoms with Crippen LogP contribution in [0.3, 0.4) is 0 Å². The van der Waals surface area contributed by atoms with E-state index in [9.17, 15) is 10.2 Å². The summed E-state index contributed by atoms with van der Waals surface area (Å²) >= 11 is 0. The minimum absolute atomic E-state index is 0.0363. The SMILES string of the molecule is C[C@H]1O[C@H](O)CC[C@@H]1O[C@H]1CC[C@H](O)[C@@H](C)O1. The molecule has 0 saturated carbocycles. The van der Waals surface area contributed by atoms with E-state index in [4.69, 9.17) is 14.2 Å². The summed E-state index contributed by atoms with van der Waals surface area (Å²) in [7, 11) is 0. The minimum atomic E-state index is -0.669. The number of rotatable bonds is 2. The molecule has 0 bridgehead atoms. The van der Waals surface area contributed by atoms with Crippen molar-refractivity contribution in [1.29, 1.82) is 0 Å². The molecule has 0 aromatic rings. The van der Waals surface area contributed by atoms with E-state index < -0.39 is 12.4 Å². The standard InChI is InChI=1S/C12H22O5/c1-7-9(13)3-6-12(16-7)17-10-4-5-11(14)15-8(10)2/h7-14H,3-6H2,1-2H3/t7-,8-,9+,10+,11+,12+/m1/s1. The molecule has 2 fully saturated rings. The third-order valence-corrected chi connectivity index (χ3v) is 3.53. The molecular weight excluding hydrogens is 224 g/mol. The number of hydrogen-bond acceptors (Lipinski definition) is 5. The van der Waals surface area contributed by atoms with Gasteiger partial charge in [-0.05, 0) is 26.7 Å². The van der Waals surface area contributed by atoms with Gasteiger partial charge in [0.25, 0.3) is 0 Å². The molecule has 2 aliphatic rings. The lowest BCUT2D eigenvalue weighted by Crippen LogP contribution is -2.44. The summed E-state index contributed by atoms with van der Waals surface area (Å²) in [4.78, 5) is 0. The third kappa shape index (κ3) is 3.39. The van der Waals surface area contributed by atoms with Crippen LogP contribution in [0.2, 0.25) is 0 Å². The predicted octanol–water partition coefficient (Wildman–Crippen LogP) is 0.775. The topological polar surface area (TPSA) is 68.2 Å². The molecule has 2 saturated heterocycles. The lowest BCUT2D eigenvalue weighted by molar-refractivity contribution is -0.274. The second-order valence-electron chi connectivity index (χ2n) is 4.96. The Morgan fingerprint density at radius 1 is 0.941 bits per heavy atom. The van der Waals surface area contributed by atoms with Crippen molar-refractivity contribution in [3.63, 3.8) is 0 Å². The molecule has 0 aromatic heterocycles. The van der Waals surface area contributed by atoms with Crippen LogP contribution in [-0.2, 0) is 14.2 Å². The van der Waals surface area contributed by atoms with Crippen LogP contribution in [0.15, 0.2) is 0 Å². The van der Waals surface area contributed by atoms with E-state index in [-0.39, 0.29) is 24.6 Å². The average molecular weight is 246 g/mol. The first kappa shape index (κ1) is 13.2. The summed E-state index contributed by atoms with van der Waals surface area (Å²) in [6.45, 7) is 3.75. The molecule has 5 nitrogen and oxygen atoms in total. The zero-order valence-electron chi connectivity index (χ0n) is 10.4. The Bertz CT molecular complexity index is 247. The normalized spacial score (nSPS) is 48.0. The predicted molar refractivity (Wildman–Crippen MR) is 60.2 cm³/mol. The van der Waals surface area contributed by atoms with Crippen LogP contribution in [0.25, 0.3) is 0 Å². The van der Waals surface area contributed by atoms with E-state index in [1.807, 2.05) is 13.8 Å². The number of ether oxygens (including phenoxy) is 3. The molecule has 0 radical (unpaired) electrons. The van der Waals surface area contributed by atoms with Gasteiger partial charge in [0.05, 0.1) is 24.4 Å². The van der Waals surface area contributed by atoms with Gasteiger partial charge in [0.15, 0.2) is 12.6 Å². The molecule has 0 amide bonds. The van der Waals surface area contributed by atoms with Crippen molar-refractivity contribution in [2.75, 3.05) is 0 Å². The minimum Gasteiger partial charge on any atom is -0.390 e. The zero-order chi connectivity index (χ0) is 12.4. The lowest BCUT2D eigenvalue weighted by Gasteiger charge is -2.38. The van der Waals surface area contributed by atoms with Crippen LogP contribution < -0.4 is 0 Å². The van der Waals surface area contributed by atoms with Gasteiger partial charge in [-0.3, -0.25) is 0 Å². The highest BCUT2D eigenvalue weighted by molar-refractivity contribution is 4.76. The van der Waals surface area contributed by atoms with Gasteiger partial charge in [-0.15, -0.1) is 0 Å². The highest BCUT2D eigenvalue weighted by atomic mass is 16.7. The van der Waals surface area contributed by atoms with Crippen LogP contribution in [0.4, 0.5) is 0 Å². The summed E-state index contributed by atoms with van der Waals surface area (Å²) in [6, 6.07) is 0. The van der Waals surface area contributed by atoms with Crippen molar-refractivity contribution < 1.29 is 24.4 Å². The van der Waals surface area contributed by atoms with E-state index in [1.165, 1.54) is 0 Å². The monoisotopic (exact) mass is 246 g/mol. The Morgan fingerprint density at radius 2 is 1.71 bits per heavy atom. The Balaban J connectivity index is 1.81. The van der Waals surface area contributed by atoms with Crippen molar-refractivity contribution in [1.82, 2.24) is 0 Å². The molecule has 0 aliphatic carbocycles. The van der Waals surface area contributed by atoms with Gasteiger partial charge in [-0.25, -0.2) is 0 Å². The van der Waals surface area contributed by atoms with Gasteiger partial charge in [0.2, 0.25) is 0 Å². The molecule has 0 aromatic carbocycles. The summed E-state index contributed by atoms with van der Waals surface area (Å²) in [5.41, 5.74) is 0. The van der Waals surface area contributed by atoms with Crippen LogP contribution in [0, 0.1) is 0 Å². The smallest absolute Gasteiger partial charge is 0.158 e. The number of aliphatic hydroxyl groups excluding tert-OH is 2. The first-order chi connectivity index (χ1) is 8.06. The summed E-state index contributed by atoms with van der Waals surface area (Å²) < 4.78 is 16.7. The van der Waals surface area contributed by atoms with Crippen molar-refractivity contribution in [2.45, 2.75) is 76.5 Å². The summed E-state index contributed by atoms with van der Waals surface area (Å²) in [5.74, 6) is 0. The van der Waals surface area contributed by atoms with Crippen molar-refractivity contribution in [3.8, 4) is 0 Å². The van der Waals surface area contributed by atoms with Crippen molar-refractivity contribution in [3.05, 3.63) is 0 Å². The molecule has 5 heteroatoms. The van der Waals surface area contributed by atoms with Gasteiger partial charge in [-0.2, -0.15) is 0 Å². The maximum atomic E-state index is 9.55.